The number of aliphatic hydroxyl groups excluding tert-OH is 1. The molecule has 1 aliphatic rings. The van der Waals surface area contributed by atoms with E-state index in [1.807, 2.05) is 30.3 Å². The summed E-state index contributed by atoms with van der Waals surface area (Å²) in [5.41, 5.74) is 4.46. The van der Waals surface area contributed by atoms with Crippen LogP contribution < -0.4 is 0 Å². The molecule has 0 saturated carbocycles. The van der Waals surface area contributed by atoms with Crippen LogP contribution >= 0.6 is 0 Å². The lowest BCUT2D eigenvalue weighted by molar-refractivity contribution is 0.00106. The van der Waals surface area contributed by atoms with Gasteiger partial charge >= 0.3 is 0 Å². The van der Waals surface area contributed by atoms with Crippen molar-refractivity contribution in [2.75, 3.05) is 6.61 Å². The monoisotopic (exact) mass is 281 g/mol. The summed E-state index contributed by atoms with van der Waals surface area (Å²) < 4.78 is 5.72. The highest BCUT2D eigenvalue weighted by Crippen LogP contribution is 2.24. The summed E-state index contributed by atoms with van der Waals surface area (Å²) in [6, 6.07) is 18.4. The lowest BCUT2D eigenvalue weighted by atomic mass is 9.93. The van der Waals surface area contributed by atoms with Crippen molar-refractivity contribution in [2.24, 2.45) is 4.99 Å². The van der Waals surface area contributed by atoms with Gasteiger partial charge in [-0.05, 0) is 12.5 Å². The predicted molar refractivity (Wildman–Crippen MR) is 83.6 cm³/mol. The topological polar surface area (TPSA) is 41.8 Å². The summed E-state index contributed by atoms with van der Waals surface area (Å²) in [4.78, 5) is 4.75. The average molecular weight is 281 g/mol. The Labute approximate surface area is 124 Å². The van der Waals surface area contributed by atoms with Gasteiger partial charge in [0.15, 0.2) is 6.23 Å². The molecule has 108 valence electrons. The molecule has 1 N–H and O–H groups in total. The molecule has 0 amide bonds. The molecule has 0 spiro atoms. The second kappa shape index (κ2) is 6.20. The molecule has 0 saturated heterocycles. The first-order chi connectivity index (χ1) is 10.2. The molecule has 21 heavy (non-hydrogen) atoms. The molecule has 3 heteroatoms. The van der Waals surface area contributed by atoms with Crippen molar-refractivity contribution in [3.05, 3.63) is 71.3 Å². The Bertz CT molecular complexity index is 635. The molecular weight excluding hydrogens is 262 g/mol. The van der Waals surface area contributed by atoms with Crippen molar-refractivity contribution < 1.29 is 9.84 Å². The van der Waals surface area contributed by atoms with E-state index >= 15 is 0 Å². The predicted octanol–water partition coefficient (Wildman–Crippen LogP) is 2.80. The van der Waals surface area contributed by atoms with E-state index in [2.05, 4.69) is 24.3 Å². The summed E-state index contributed by atoms with van der Waals surface area (Å²) in [7, 11) is 0. The van der Waals surface area contributed by atoms with Gasteiger partial charge in [0.05, 0.1) is 18.4 Å². The molecular formula is C18H19NO2. The number of benzene rings is 2. The van der Waals surface area contributed by atoms with E-state index in [0.29, 0.717) is 6.61 Å². The lowest BCUT2D eigenvalue weighted by Crippen LogP contribution is -2.26. The molecule has 0 radical (unpaired) electrons. The highest BCUT2D eigenvalue weighted by molar-refractivity contribution is 6.14. The fourth-order valence-electron chi connectivity index (χ4n) is 2.55. The van der Waals surface area contributed by atoms with Crippen molar-refractivity contribution in [3.8, 4) is 0 Å². The zero-order valence-electron chi connectivity index (χ0n) is 12.1. The van der Waals surface area contributed by atoms with Crippen LogP contribution in [0.25, 0.3) is 0 Å². The van der Waals surface area contributed by atoms with Crippen LogP contribution in [0.3, 0.4) is 0 Å². The Morgan fingerprint density at radius 1 is 1.14 bits per heavy atom. The Hall–Kier alpha value is -1.97. The smallest absolute Gasteiger partial charge is 0.153 e. The average Bonchev–Trinajstić information content (AvgIpc) is 2.53. The Morgan fingerprint density at radius 3 is 2.62 bits per heavy atom. The van der Waals surface area contributed by atoms with Gasteiger partial charge in [-0.1, -0.05) is 54.6 Å². The van der Waals surface area contributed by atoms with Gasteiger partial charge in [-0.2, -0.15) is 0 Å². The number of ether oxygens (including phenoxy) is 1. The molecule has 2 aromatic rings. The Kier molecular flexibility index (Phi) is 4.13. The van der Waals surface area contributed by atoms with Crippen LogP contribution in [0.5, 0.6) is 0 Å². The van der Waals surface area contributed by atoms with Crippen LogP contribution in [0.15, 0.2) is 59.6 Å². The van der Waals surface area contributed by atoms with Gasteiger partial charge in [-0.15, -0.1) is 0 Å². The normalized spacial score (nSPS) is 18.8. The van der Waals surface area contributed by atoms with Crippen LogP contribution in [0.4, 0.5) is 0 Å². The van der Waals surface area contributed by atoms with E-state index in [0.717, 1.165) is 17.7 Å². The van der Waals surface area contributed by atoms with Gasteiger partial charge in [-0.25, -0.2) is 0 Å². The summed E-state index contributed by atoms with van der Waals surface area (Å²) in [5, 5.41) is 9.39. The highest BCUT2D eigenvalue weighted by Gasteiger charge is 2.22. The van der Waals surface area contributed by atoms with Crippen LogP contribution in [0.1, 0.15) is 23.6 Å². The number of fused-ring (bicyclic) bond motifs is 1. The van der Waals surface area contributed by atoms with Gasteiger partial charge in [-0.3, -0.25) is 4.99 Å². The first-order valence-electron chi connectivity index (χ1n) is 7.25. The summed E-state index contributed by atoms with van der Waals surface area (Å²) >= 11 is 0. The largest absolute Gasteiger partial charge is 0.391 e. The Balaban J connectivity index is 1.96. The van der Waals surface area contributed by atoms with Crippen molar-refractivity contribution in [3.63, 3.8) is 0 Å². The highest BCUT2D eigenvalue weighted by atomic mass is 16.5. The van der Waals surface area contributed by atoms with Gasteiger partial charge in [0.1, 0.15) is 0 Å². The van der Waals surface area contributed by atoms with Crippen molar-refractivity contribution in [1.82, 2.24) is 0 Å². The molecule has 0 aromatic heterocycles. The number of hydrogen-bond donors (Lipinski definition) is 1. The van der Waals surface area contributed by atoms with E-state index in [4.69, 9.17) is 9.73 Å². The second-order valence-electron chi connectivity index (χ2n) is 5.34. The summed E-state index contributed by atoms with van der Waals surface area (Å²) in [6.45, 7) is 2.02. The van der Waals surface area contributed by atoms with Crippen LogP contribution in [-0.2, 0) is 11.2 Å². The fourth-order valence-corrected chi connectivity index (χ4v) is 2.55. The fraction of sp³-hybridized carbons (Fsp3) is 0.278. The Morgan fingerprint density at radius 2 is 1.86 bits per heavy atom. The second-order valence-corrected chi connectivity index (χ2v) is 5.34. The third kappa shape index (κ3) is 3.20. The maximum atomic E-state index is 9.39. The van der Waals surface area contributed by atoms with E-state index in [9.17, 15) is 5.11 Å². The molecule has 0 fully saturated rings. The standard InChI is InChI=1S/C18H19NO2/c1-13(20)12-21-17-11-15-9-5-6-10-16(15)18(19-17)14-7-3-2-4-8-14/h2-10,13,17,20H,11-12H2,1H3. The molecule has 0 bridgehead atoms. The number of hydrogen-bond acceptors (Lipinski definition) is 3. The first-order valence-corrected chi connectivity index (χ1v) is 7.25. The van der Waals surface area contributed by atoms with Crippen molar-refractivity contribution >= 4 is 5.71 Å². The SMILES string of the molecule is CC(O)COC1Cc2ccccc2C(c2ccccc2)=N1. The van der Waals surface area contributed by atoms with E-state index in [1.54, 1.807) is 6.92 Å². The maximum absolute atomic E-state index is 9.39. The molecule has 0 aliphatic carbocycles. The van der Waals surface area contributed by atoms with Gasteiger partial charge < -0.3 is 9.84 Å². The van der Waals surface area contributed by atoms with Gasteiger partial charge in [0, 0.05) is 17.5 Å². The molecule has 2 aromatic carbocycles. The molecule has 3 nitrogen and oxygen atoms in total. The maximum Gasteiger partial charge on any atom is 0.153 e. The van der Waals surface area contributed by atoms with Crippen LogP contribution in [0, 0.1) is 0 Å². The summed E-state index contributed by atoms with van der Waals surface area (Å²) in [5.74, 6) is 0. The number of rotatable bonds is 4. The number of aliphatic hydroxyl groups is 1. The molecule has 2 atom stereocenters. The van der Waals surface area contributed by atoms with E-state index in [1.165, 1.54) is 11.1 Å². The zero-order chi connectivity index (χ0) is 14.7. The van der Waals surface area contributed by atoms with Crippen LogP contribution in [0.2, 0.25) is 0 Å². The number of nitrogens with zero attached hydrogens (tertiary/aromatic N) is 1. The van der Waals surface area contributed by atoms with E-state index in [-0.39, 0.29) is 6.23 Å². The van der Waals surface area contributed by atoms with Gasteiger partial charge in [0.25, 0.3) is 0 Å². The lowest BCUT2D eigenvalue weighted by Gasteiger charge is -2.24. The first kappa shape index (κ1) is 14.0. The van der Waals surface area contributed by atoms with E-state index < -0.39 is 6.10 Å². The summed E-state index contributed by atoms with van der Waals surface area (Å²) in [6.07, 6.45) is 0.0430. The minimum Gasteiger partial charge on any atom is -0.391 e. The van der Waals surface area contributed by atoms with Crippen molar-refractivity contribution in [1.29, 1.82) is 0 Å². The number of aliphatic imine (C=N–C) groups is 1. The minimum atomic E-state index is -0.474. The third-order valence-corrected chi connectivity index (χ3v) is 3.52. The molecule has 1 heterocycles. The molecule has 1 aliphatic heterocycles. The third-order valence-electron chi connectivity index (χ3n) is 3.52. The van der Waals surface area contributed by atoms with Crippen LogP contribution in [-0.4, -0.2) is 29.8 Å². The minimum absolute atomic E-state index is 0.232. The quantitative estimate of drug-likeness (QED) is 0.936. The van der Waals surface area contributed by atoms with Gasteiger partial charge in [0.2, 0.25) is 0 Å². The molecule has 3 rings (SSSR count). The van der Waals surface area contributed by atoms with Crippen molar-refractivity contribution in [2.45, 2.75) is 25.7 Å². The molecule has 2 unspecified atom stereocenters. The zero-order valence-corrected chi connectivity index (χ0v) is 12.1.